The minimum absolute atomic E-state index is 0.589. The second-order valence-electron chi connectivity index (χ2n) is 4.74. The Balaban J connectivity index is 1.50. The van der Waals surface area contributed by atoms with Crippen molar-refractivity contribution in [2.75, 3.05) is 25.5 Å². The van der Waals surface area contributed by atoms with E-state index in [9.17, 15) is 0 Å². The van der Waals surface area contributed by atoms with Gasteiger partial charge in [0.1, 0.15) is 0 Å². The molecule has 0 bridgehead atoms. The number of rotatable bonds is 6. The Kier molecular flexibility index (Phi) is 4.97. The van der Waals surface area contributed by atoms with Crippen LogP contribution in [-0.4, -0.2) is 36.7 Å². The molecule has 4 heteroatoms. The van der Waals surface area contributed by atoms with Gasteiger partial charge in [-0.15, -0.1) is 0 Å². The van der Waals surface area contributed by atoms with Crippen LogP contribution in [0.25, 0.3) is 0 Å². The highest BCUT2D eigenvalue weighted by molar-refractivity contribution is 8.13. The van der Waals surface area contributed by atoms with Crippen molar-refractivity contribution in [1.82, 2.24) is 5.32 Å². The summed E-state index contributed by atoms with van der Waals surface area (Å²) in [4.78, 5) is 4.55. The molecular formula is C12H22N2OS. The van der Waals surface area contributed by atoms with Gasteiger partial charge in [-0.05, 0) is 38.5 Å². The van der Waals surface area contributed by atoms with Crippen molar-refractivity contribution in [2.24, 2.45) is 10.9 Å². The number of aliphatic imine (C=N–C) groups is 1. The molecule has 2 rings (SSSR count). The van der Waals surface area contributed by atoms with E-state index in [4.69, 9.17) is 4.74 Å². The Labute approximate surface area is 102 Å². The quantitative estimate of drug-likeness (QED) is 0.725. The fraction of sp³-hybridized carbons (Fsp3) is 0.917. The monoisotopic (exact) mass is 242 g/mol. The molecule has 16 heavy (non-hydrogen) atoms. The van der Waals surface area contributed by atoms with Gasteiger partial charge < -0.3 is 10.1 Å². The standard InChI is InChI=1S/C12H22N2OS/c1-10-5-8-16-12(14-10)13-6-2-7-15-9-11-3-4-11/h10-11H,2-9H2,1H3,(H,13,14). The maximum Gasteiger partial charge on any atom is 0.156 e. The molecule has 1 atom stereocenters. The lowest BCUT2D eigenvalue weighted by Crippen LogP contribution is -2.35. The Bertz CT molecular complexity index is 241. The highest BCUT2D eigenvalue weighted by atomic mass is 32.2. The van der Waals surface area contributed by atoms with Crippen LogP contribution in [0.2, 0.25) is 0 Å². The minimum atomic E-state index is 0.589. The summed E-state index contributed by atoms with van der Waals surface area (Å²) >= 11 is 1.84. The lowest BCUT2D eigenvalue weighted by molar-refractivity contribution is 0.123. The van der Waals surface area contributed by atoms with E-state index < -0.39 is 0 Å². The molecule has 0 spiro atoms. The zero-order chi connectivity index (χ0) is 11.2. The molecule has 0 amide bonds. The van der Waals surface area contributed by atoms with Crippen LogP contribution in [-0.2, 0) is 4.74 Å². The highest BCUT2D eigenvalue weighted by Crippen LogP contribution is 2.28. The van der Waals surface area contributed by atoms with Crippen molar-refractivity contribution < 1.29 is 4.74 Å². The van der Waals surface area contributed by atoms with Gasteiger partial charge in [-0.1, -0.05) is 11.8 Å². The molecule has 1 saturated heterocycles. The Morgan fingerprint density at radius 3 is 3.06 bits per heavy atom. The number of hydrogen-bond acceptors (Lipinski definition) is 3. The van der Waals surface area contributed by atoms with Crippen molar-refractivity contribution in [3.05, 3.63) is 0 Å². The summed E-state index contributed by atoms with van der Waals surface area (Å²) in [5.74, 6) is 2.08. The number of thioether (sulfide) groups is 1. The fourth-order valence-electron chi connectivity index (χ4n) is 1.63. The van der Waals surface area contributed by atoms with E-state index in [1.54, 1.807) is 0 Å². The second-order valence-corrected chi connectivity index (χ2v) is 5.82. The van der Waals surface area contributed by atoms with Gasteiger partial charge in [-0.3, -0.25) is 4.99 Å². The predicted octanol–water partition coefficient (Wildman–Crippen LogP) is 2.27. The van der Waals surface area contributed by atoms with Gasteiger partial charge in [-0.2, -0.15) is 0 Å². The molecule has 1 aliphatic carbocycles. The normalized spacial score (nSPS) is 28.1. The average molecular weight is 242 g/mol. The average Bonchev–Trinajstić information content (AvgIpc) is 3.07. The lowest BCUT2D eigenvalue weighted by atomic mass is 10.3. The molecular weight excluding hydrogens is 220 g/mol. The first kappa shape index (κ1) is 12.2. The Morgan fingerprint density at radius 2 is 2.31 bits per heavy atom. The number of nitrogens with one attached hydrogen (secondary N) is 1. The topological polar surface area (TPSA) is 33.6 Å². The third kappa shape index (κ3) is 4.74. The maximum atomic E-state index is 5.57. The van der Waals surface area contributed by atoms with Crippen molar-refractivity contribution in [1.29, 1.82) is 0 Å². The van der Waals surface area contributed by atoms with E-state index >= 15 is 0 Å². The van der Waals surface area contributed by atoms with Gasteiger partial charge in [0.15, 0.2) is 5.17 Å². The summed E-state index contributed by atoms with van der Waals surface area (Å²) in [6.07, 6.45) is 5.04. The third-order valence-corrected chi connectivity index (χ3v) is 3.87. The number of hydrogen-bond donors (Lipinski definition) is 1. The molecule has 0 radical (unpaired) electrons. The summed E-state index contributed by atoms with van der Waals surface area (Å²) in [7, 11) is 0. The molecule has 1 aliphatic heterocycles. The van der Waals surface area contributed by atoms with Gasteiger partial charge in [-0.25, -0.2) is 0 Å². The summed E-state index contributed by atoms with van der Waals surface area (Å²) in [6, 6.07) is 0.589. The summed E-state index contributed by atoms with van der Waals surface area (Å²) in [5.41, 5.74) is 0. The van der Waals surface area contributed by atoms with Crippen molar-refractivity contribution in [2.45, 2.75) is 38.6 Å². The van der Waals surface area contributed by atoms with Gasteiger partial charge in [0.25, 0.3) is 0 Å². The largest absolute Gasteiger partial charge is 0.381 e. The van der Waals surface area contributed by atoms with Gasteiger partial charge >= 0.3 is 0 Å². The first-order valence-corrected chi connectivity index (χ1v) is 7.34. The molecule has 2 aliphatic rings. The molecule has 92 valence electrons. The minimum Gasteiger partial charge on any atom is -0.381 e. The molecule has 3 nitrogen and oxygen atoms in total. The van der Waals surface area contributed by atoms with Crippen molar-refractivity contribution >= 4 is 16.9 Å². The Hall–Kier alpha value is -0.220. The first-order chi connectivity index (χ1) is 7.84. The van der Waals surface area contributed by atoms with Crippen molar-refractivity contribution in [3.8, 4) is 0 Å². The molecule has 1 saturated carbocycles. The van der Waals surface area contributed by atoms with E-state index in [2.05, 4.69) is 17.2 Å². The van der Waals surface area contributed by atoms with E-state index in [0.717, 1.165) is 37.3 Å². The van der Waals surface area contributed by atoms with E-state index in [0.29, 0.717) is 6.04 Å². The second kappa shape index (κ2) is 6.50. The zero-order valence-electron chi connectivity index (χ0n) is 10.1. The van der Waals surface area contributed by atoms with Crippen LogP contribution in [0.15, 0.2) is 4.99 Å². The van der Waals surface area contributed by atoms with Gasteiger partial charge in [0, 0.05) is 31.6 Å². The third-order valence-electron chi connectivity index (χ3n) is 2.91. The van der Waals surface area contributed by atoms with Crippen LogP contribution in [0.3, 0.4) is 0 Å². The zero-order valence-corrected chi connectivity index (χ0v) is 10.9. The molecule has 0 aromatic rings. The van der Waals surface area contributed by atoms with Crippen LogP contribution in [0.1, 0.15) is 32.6 Å². The molecule has 0 aromatic heterocycles. The lowest BCUT2D eigenvalue weighted by Gasteiger charge is -2.21. The van der Waals surface area contributed by atoms with Crippen LogP contribution < -0.4 is 5.32 Å². The highest BCUT2D eigenvalue weighted by Gasteiger charge is 2.20. The van der Waals surface area contributed by atoms with Gasteiger partial charge in [0.05, 0.1) is 0 Å². The maximum absolute atomic E-state index is 5.57. The molecule has 0 aromatic carbocycles. The Morgan fingerprint density at radius 1 is 1.44 bits per heavy atom. The summed E-state index contributed by atoms with van der Waals surface area (Å²) < 4.78 is 5.57. The molecule has 2 fully saturated rings. The SMILES string of the molecule is CC1CCSC(=NCCCOCC2CC2)N1. The summed E-state index contributed by atoms with van der Waals surface area (Å²) in [6.45, 7) is 4.95. The van der Waals surface area contributed by atoms with Crippen molar-refractivity contribution in [3.63, 3.8) is 0 Å². The van der Waals surface area contributed by atoms with E-state index in [1.165, 1.54) is 25.0 Å². The molecule has 1 unspecified atom stereocenters. The van der Waals surface area contributed by atoms with E-state index in [-0.39, 0.29) is 0 Å². The number of amidine groups is 1. The van der Waals surface area contributed by atoms with Crippen LogP contribution >= 0.6 is 11.8 Å². The molecule has 1 N–H and O–H groups in total. The number of ether oxygens (including phenoxy) is 1. The van der Waals surface area contributed by atoms with Crippen LogP contribution in [0, 0.1) is 5.92 Å². The van der Waals surface area contributed by atoms with Crippen LogP contribution in [0.4, 0.5) is 0 Å². The van der Waals surface area contributed by atoms with Crippen LogP contribution in [0.5, 0.6) is 0 Å². The van der Waals surface area contributed by atoms with E-state index in [1.807, 2.05) is 11.8 Å². The van der Waals surface area contributed by atoms with Gasteiger partial charge in [0.2, 0.25) is 0 Å². The predicted molar refractivity (Wildman–Crippen MR) is 70.1 cm³/mol. The smallest absolute Gasteiger partial charge is 0.156 e. The first-order valence-electron chi connectivity index (χ1n) is 6.36. The number of nitrogens with zero attached hydrogens (tertiary/aromatic N) is 1. The summed E-state index contributed by atoms with van der Waals surface area (Å²) in [5, 5.41) is 4.53. The fourth-order valence-corrected chi connectivity index (χ4v) is 2.76. The molecule has 1 heterocycles.